The lowest BCUT2D eigenvalue weighted by Crippen LogP contribution is -2.13. The van der Waals surface area contributed by atoms with E-state index in [1.54, 1.807) is 12.3 Å². The number of ether oxygens (including phenoxy) is 2. The molecule has 1 aromatic heterocycles. The monoisotopic (exact) mass is 246 g/mol. The number of hydrogen-bond donors (Lipinski definition) is 2. The largest absolute Gasteiger partial charge is 0.480 e. The zero-order chi connectivity index (χ0) is 12.5. The van der Waals surface area contributed by atoms with Crippen molar-refractivity contribution in [3.8, 4) is 11.5 Å². The van der Waals surface area contributed by atoms with E-state index in [1.807, 2.05) is 12.1 Å². The molecule has 2 heterocycles. The van der Waals surface area contributed by atoms with Gasteiger partial charge in [0.2, 0.25) is 6.79 Å². The fourth-order valence-electron chi connectivity index (χ4n) is 1.86. The van der Waals surface area contributed by atoms with E-state index in [0.717, 1.165) is 10.8 Å². The van der Waals surface area contributed by atoms with Crippen LogP contribution in [0.1, 0.15) is 0 Å². The normalized spacial score (nSPS) is 12.7. The maximum atomic E-state index is 10.6. The molecule has 6 heteroatoms. The first kappa shape index (κ1) is 10.6. The van der Waals surface area contributed by atoms with Gasteiger partial charge in [-0.05, 0) is 23.6 Å². The molecule has 0 radical (unpaired) electrons. The quantitative estimate of drug-likeness (QED) is 0.853. The van der Waals surface area contributed by atoms with Crippen molar-refractivity contribution in [3.63, 3.8) is 0 Å². The highest BCUT2D eigenvalue weighted by Gasteiger charge is 2.15. The number of fused-ring (bicyclic) bond motifs is 2. The van der Waals surface area contributed by atoms with Gasteiger partial charge in [0.05, 0.1) is 0 Å². The second kappa shape index (κ2) is 4.06. The SMILES string of the molecule is O=C(O)CNc1nccc2cc3c(cc12)OCO3. The highest BCUT2D eigenvalue weighted by molar-refractivity contribution is 5.95. The van der Waals surface area contributed by atoms with Crippen molar-refractivity contribution >= 4 is 22.6 Å². The van der Waals surface area contributed by atoms with Gasteiger partial charge in [-0.25, -0.2) is 4.98 Å². The van der Waals surface area contributed by atoms with Gasteiger partial charge in [0.1, 0.15) is 12.4 Å². The molecular formula is C12H10N2O4. The Bertz CT molecular complexity index is 627. The summed E-state index contributed by atoms with van der Waals surface area (Å²) in [6.07, 6.45) is 1.62. The molecule has 18 heavy (non-hydrogen) atoms. The number of anilines is 1. The summed E-state index contributed by atoms with van der Waals surface area (Å²) in [5.41, 5.74) is 0. The summed E-state index contributed by atoms with van der Waals surface area (Å²) in [6.45, 7) is 0.0253. The third-order valence-corrected chi connectivity index (χ3v) is 2.66. The van der Waals surface area contributed by atoms with E-state index < -0.39 is 5.97 Å². The predicted octanol–water partition coefficient (Wildman–Crippen LogP) is 1.46. The third-order valence-electron chi connectivity index (χ3n) is 2.66. The second-order valence-electron chi connectivity index (χ2n) is 3.83. The zero-order valence-corrected chi connectivity index (χ0v) is 9.34. The molecule has 2 aromatic rings. The van der Waals surface area contributed by atoms with Gasteiger partial charge in [0.15, 0.2) is 11.5 Å². The standard InChI is InChI=1S/C12H10N2O4/c15-11(16)5-14-12-8-4-10-9(17-6-18-10)3-7(8)1-2-13-12/h1-4H,5-6H2,(H,13,14)(H,15,16). The first-order valence-electron chi connectivity index (χ1n) is 5.38. The number of aromatic nitrogens is 1. The number of carboxylic acid groups (broad SMARTS) is 1. The summed E-state index contributed by atoms with van der Waals surface area (Å²) in [5, 5.41) is 13.2. The molecule has 1 aliphatic heterocycles. The molecule has 0 saturated heterocycles. The summed E-state index contributed by atoms with van der Waals surface area (Å²) in [5.74, 6) is 0.925. The molecule has 0 bridgehead atoms. The number of rotatable bonds is 3. The van der Waals surface area contributed by atoms with Crippen LogP contribution >= 0.6 is 0 Å². The highest BCUT2D eigenvalue weighted by Crippen LogP contribution is 2.37. The van der Waals surface area contributed by atoms with Crippen LogP contribution in [0.2, 0.25) is 0 Å². The van der Waals surface area contributed by atoms with Crippen LogP contribution in [0.25, 0.3) is 10.8 Å². The second-order valence-corrected chi connectivity index (χ2v) is 3.83. The average molecular weight is 246 g/mol. The van der Waals surface area contributed by atoms with Crippen LogP contribution in [-0.4, -0.2) is 29.4 Å². The summed E-state index contributed by atoms with van der Waals surface area (Å²) < 4.78 is 10.6. The number of pyridine rings is 1. The minimum atomic E-state index is -0.936. The van der Waals surface area contributed by atoms with Crippen molar-refractivity contribution in [2.24, 2.45) is 0 Å². The van der Waals surface area contributed by atoms with Crippen LogP contribution in [0.3, 0.4) is 0 Å². The number of nitrogens with zero attached hydrogens (tertiary/aromatic N) is 1. The van der Waals surface area contributed by atoms with Crippen LogP contribution < -0.4 is 14.8 Å². The Hall–Kier alpha value is -2.50. The minimum absolute atomic E-state index is 0.180. The highest BCUT2D eigenvalue weighted by atomic mass is 16.7. The third kappa shape index (κ3) is 1.77. The fraction of sp³-hybridized carbons (Fsp3) is 0.167. The van der Waals surface area contributed by atoms with Gasteiger partial charge in [0, 0.05) is 11.6 Å². The Morgan fingerprint density at radius 3 is 2.94 bits per heavy atom. The molecule has 2 N–H and O–H groups in total. The Morgan fingerprint density at radius 2 is 2.17 bits per heavy atom. The summed E-state index contributed by atoms with van der Waals surface area (Å²) >= 11 is 0. The lowest BCUT2D eigenvalue weighted by Gasteiger charge is -2.07. The van der Waals surface area contributed by atoms with Gasteiger partial charge in [-0.3, -0.25) is 4.79 Å². The van der Waals surface area contributed by atoms with E-state index in [9.17, 15) is 4.79 Å². The number of carbonyl (C=O) groups is 1. The maximum absolute atomic E-state index is 10.6. The number of hydrogen-bond acceptors (Lipinski definition) is 5. The van der Waals surface area contributed by atoms with Crippen molar-refractivity contribution < 1.29 is 19.4 Å². The van der Waals surface area contributed by atoms with Crippen LogP contribution in [-0.2, 0) is 4.79 Å². The molecule has 0 amide bonds. The van der Waals surface area contributed by atoms with Crippen molar-refractivity contribution in [3.05, 3.63) is 24.4 Å². The summed E-state index contributed by atoms with van der Waals surface area (Å²) in [6, 6.07) is 5.49. The Kier molecular flexibility index (Phi) is 2.40. The van der Waals surface area contributed by atoms with Gasteiger partial charge in [0.25, 0.3) is 0 Å². The number of aliphatic carboxylic acids is 1. The van der Waals surface area contributed by atoms with E-state index in [1.165, 1.54) is 0 Å². The predicted molar refractivity (Wildman–Crippen MR) is 64.0 cm³/mol. The molecule has 0 atom stereocenters. The molecule has 1 aliphatic rings. The molecule has 92 valence electrons. The smallest absolute Gasteiger partial charge is 0.322 e. The van der Waals surface area contributed by atoms with E-state index in [0.29, 0.717) is 17.3 Å². The van der Waals surface area contributed by atoms with Crippen molar-refractivity contribution in [1.29, 1.82) is 0 Å². The molecule has 6 nitrogen and oxygen atoms in total. The van der Waals surface area contributed by atoms with Gasteiger partial charge in [-0.1, -0.05) is 0 Å². The van der Waals surface area contributed by atoms with E-state index >= 15 is 0 Å². The fourth-order valence-corrected chi connectivity index (χ4v) is 1.86. The van der Waals surface area contributed by atoms with Gasteiger partial charge < -0.3 is 19.9 Å². The maximum Gasteiger partial charge on any atom is 0.322 e. The van der Waals surface area contributed by atoms with E-state index in [-0.39, 0.29) is 13.3 Å². The molecule has 0 saturated carbocycles. The minimum Gasteiger partial charge on any atom is -0.480 e. The first-order chi connectivity index (χ1) is 8.74. The topological polar surface area (TPSA) is 80.7 Å². The van der Waals surface area contributed by atoms with Crippen molar-refractivity contribution in [1.82, 2.24) is 4.98 Å². The molecule has 1 aromatic carbocycles. The molecule has 0 unspecified atom stereocenters. The molecular weight excluding hydrogens is 236 g/mol. The molecule has 0 fully saturated rings. The Balaban J connectivity index is 2.06. The van der Waals surface area contributed by atoms with Gasteiger partial charge in [-0.15, -0.1) is 0 Å². The van der Waals surface area contributed by atoms with Crippen LogP contribution in [0.5, 0.6) is 11.5 Å². The molecule has 0 spiro atoms. The summed E-state index contributed by atoms with van der Waals surface area (Å²) in [7, 11) is 0. The van der Waals surface area contributed by atoms with Crippen LogP contribution in [0.4, 0.5) is 5.82 Å². The van der Waals surface area contributed by atoms with E-state index in [4.69, 9.17) is 14.6 Å². The average Bonchev–Trinajstić information content (AvgIpc) is 2.80. The number of benzene rings is 1. The Labute approximate surface area is 102 Å². The van der Waals surface area contributed by atoms with Crippen molar-refractivity contribution in [2.45, 2.75) is 0 Å². The lowest BCUT2D eigenvalue weighted by atomic mass is 10.1. The molecule has 3 rings (SSSR count). The molecule has 0 aliphatic carbocycles. The lowest BCUT2D eigenvalue weighted by molar-refractivity contribution is -0.134. The summed E-state index contributed by atoms with van der Waals surface area (Å²) in [4.78, 5) is 14.7. The van der Waals surface area contributed by atoms with E-state index in [2.05, 4.69) is 10.3 Å². The number of nitrogens with one attached hydrogen (secondary N) is 1. The number of carboxylic acids is 1. The van der Waals surface area contributed by atoms with Crippen LogP contribution in [0, 0.1) is 0 Å². The van der Waals surface area contributed by atoms with Crippen LogP contribution in [0.15, 0.2) is 24.4 Å². The zero-order valence-electron chi connectivity index (χ0n) is 9.34. The Morgan fingerprint density at radius 1 is 1.39 bits per heavy atom. The first-order valence-corrected chi connectivity index (χ1v) is 5.38. The van der Waals surface area contributed by atoms with Gasteiger partial charge in [-0.2, -0.15) is 0 Å². The van der Waals surface area contributed by atoms with Crippen molar-refractivity contribution in [2.75, 3.05) is 18.7 Å². The van der Waals surface area contributed by atoms with Gasteiger partial charge >= 0.3 is 5.97 Å².